The number of benzene rings is 1. The van der Waals surface area contributed by atoms with Gasteiger partial charge in [0.1, 0.15) is 5.75 Å². The normalized spacial score (nSPS) is 17.9. The van der Waals surface area contributed by atoms with Gasteiger partial charge >= 0.3 is 0 Å². The second kappa shape index (κ2) is 4.53. The van der Waals surface area contributed by atoms with Crippen molar-refractivity contribution in [3.05, 3.63) is 24.3 Å². The van der Waals surface area contributed by atoms with E-state index in [1.54, 1.807) is 7.11 Å². The van der Waals surface area contributed by atoms with Crippen molar-refractivity contribution in [1.82, 2.24) is 0 Å². The third-order valence-electron chi connectivity index (χ3n) is 2.90. The Balaban J connectivity index is 2.03. The van der Waals surface area contributed by atoms with Crippen LogP contribution in [0.1, 0.15) is 12.8 Å². The van der Waals surface area contributed by atoms with Crippen LogP contribution in [0, 0.1) is 0 Å². The number of hydrogen-bond donors (Lipinski definition) is 1. The van der Waals surface area contributed by atoms with Crippen LogP contribution >= 0.6 is 0 Å². The van der Waals surface area contributed by atoms with Gasteiger partial charge in [0.25, 0.3) is 0 Å². The maximum absolute atomic E-state index is 9.41. The Kier molecular flexibility index (Phi) is 3.11. The largest absolute Gasteiger partial charge is 0.497 e. The molecular formula is C12H17NO2. The van der Waals surface area contributed by atoms with Crippen LogP contribution in [0.5, 0.6) is 5.75 Å². The molecule has 1 aromatic rings. The van der Waals surface area contributed by atoms with E-state index in [-0.39, 0.29) is 6.10 Å². The zero-order valence-electron chi connectivity index (χ0n) is 9.02. The van der Waals surface area contributed by atoms with Gasteiger partial charge in [-0.2, -0.15) is 0 Å². The quantitative estimate of drug-likeness (QED) is 0.800. The van der Waals surface area contributed by atoms with E-state index in [9.17, 15) is 5.11 Å². The zero-order valence-corrected chi connectivity index (χ0v) is 9.02. The van der Waals surface area contributed by atoms with Gasteiger partial charge in [0, 0.05) is 18.8 Å². The highest BCUT2D eigenvalue weighted by Gasteiger charge is 2.16. The fraction of sp³-hybridized carbons (Fsp3) is 0.500. The lowest BCUT2D eigenvalue weighted by Crippen LogP contribution is -2.35. The van der Waals surface area contributed by atoms with E-state index in [4.69, 9.17) is 4.74 Å². The summed E-state index contributed by atoms with van der Waals surface area (Å²) in [7, 11) is 1.67. The van der Waals surface area contributed by atoms with Crippen LogP contribution in [0.25, 0.3) is 0 Å². The summed E-state index contributed by atoms with van der Waals surface area (Å²) < 4.78 is 5.12. The minimum absolute atomic E-state index is 0.112. The highest BCUT2D eigenvalue weighted by molar-refractivity contribution is 5.49. The van der Waals surface area contributed by atoms with Crippen LogP contribution in [-0.2, 0) is 0 Å². The van der Waals surface area contributed by atoms with Crippen LogP contribution < -0.4 is 9.64 Å². The summed E-state index contributed by atoms with van der Waals surface area (Å²) in [6.45, 7) is 1.88. The predicted molar refractivity (Wildman–Crippen MR) is 60.4 cm³/mol. The second-order valence-corrected chi connectivity index (χ2v) is 3.92. The molecule has 0 aromatic heterocycles. The van der Waals surface area contributed by atoms with Gasteiger partial charge in [0.15, 0.2) is 0 Å². The molecular weight excluding hydrogens is 190 g/mol. The minimum Gasteiger partial charge on any atom is -0.497 e. The number of piperidine rings is 1. The third-order valence-corrected chi connectivity index (χ3v) is 2.90. The van der Waals surface area contributed by atoms with E-state index in [2.05, 4.69) is 17.0 Å². The van der Waals surface area contributed by atoms with Gasteiger partial charge in [-0.25, -0.2) is 0 Å². The van der Waals surface area contributed by atoms with Gasteiger partial charge in [0.2, 0.25) is 0 Å². The summed E-state index contributed by atoms with van der Waals surface area (Å²) in [5.41, 5.74) is 1.21. The molecule has 0 saturated carbocycles. The van der Waals surface area contributed by atoms with Crippen LogP contribution in [0.4, 0.5) is 5.69 Å². The van der Waals surface area contributed by atoms with Crippen LogP contribution in [-0.4, -0.2) is 31.4 Å². The smallest absolute Gasteiger partial charge is 0.119 e. The fourth-order valence-electron chi connectivity index (χ4n) is 1.92. The summed E-state index contributed by atoms with van der Waals surface area (Å²) in [5.74, 6) is 0.885. The van der Waals surface area contributed by atoms with E-state index in [0.29, 0.717) is 0 Å². The standard InChI is InChI=1S/C12H17NO2/c1-15-12-4-2-10(3-5-12)13-8-6-11(14)7-9-13/h2-5,11,14H,6-9H2,1H3. The first-order valence-electron chi connectivity index (χ1n) is 5.36. The zero-order chi connectivity index (χ0) is 10.7. The Hall–Kier alpha value is -1.22. The molecule has 0 bridgehead atoms. The van der Waals surface area contributed by atoms with Gasteiger partial charge in [-0.1, -0.05) is 0 Å². The van der Waals surface area contributed by atoms with Gasteiger partial charge in [-0.05, 0) is 37.1 Å². The highest BCUT2D eigenvalue weighted by Crippen LogP contribution is 2.22. The van der Waals surface area contributed by atoms with E-state index in [1.165, 1.54) is 5.69 Å². The van der Waals surface area contributed by atoms with Gasteiger partial charge in [-0.3, -0.25) is 0 Å². The molecule has 1 aromatic carbocycles. The van der Waals surface area contributed by atoms with Gasteiger partial charge in [-0.15, -0.1) is 0 Å². The van der Waals surface area contributed by atoms with Gasteiger partial charge in [0.05, 0.1) is 13.2 Å². The molecule has 1 N–H and O–H groups in total. The molecule has 1 fully saturated rings. The maximum atomic E-state index is 9.41. The number of methoxy groups -OCH3 is 1. The molecule has 0 spiro atoms. The molecule has 0 unspecified atom stereocenters. The molecule has 1 aliphatic rings. The van der Waals surface area contributed by atoms with E-state index in [0.717, 1.165) is 31.7 Å². The number of aliphatic hydroxyl groups is 1. The van der Waals surface area contributed by atoms with E-state index >= 15 is 0 Å². The van der Waals surface area contributed by atoms with E-state index < -0.39 is 0 Å². The van der Waals surface area contributed by atoms with E-state index in [1.807, 2.05) is 12.1 Å². The van der Waals surface area contributed by atoms with Crippen molar-refractivity contribution >= 4 is 5.69 Å². The number of aliphatic hydroxyl groups excluding tert-OH is 1. The number of anilines is 1. The number of ether oxygens (including phenoxy) is 1. The lowest BCUT2D eigenvalue weighted by Gasteiger charge is -2.31. The first-order valence-corrected chi connectivity index (χ1v) is 5.36. The molecule has 0 atom stereocenters. The number of rotatable bonds is 2. The fourth-order valence-corrected chi connectivity index (χ4v) is 1.92. The average molecular weight is 207 g/mol. The second-order valence-electron chi connectivity index (χ2n) is 3.92. The first-order chi connectivity index (χ1) is 7.29. The lowest BCUT2D eigenvalue weighted by atomic mass is 10.1. The molecule has 3 nitrogen and oxygen atoms in total. The Morgan fingerprint density at radius 1 is 1.20 bits per heavy atom. The van der Waals surface area contributed by atoms with Crippen LogP contribution in [0.3, 0.4) is 0 Å². The minimum atomic E-state index is -0.112. The molecule has 0 amide bonds. The molecule has 0 aliphatic carbocycles. The summed E-state index contributed by atoms with van der Waals surface area (Å²) in [6, 6.07) is 8.08. The van der Waals surface area contributed by atoms with Crippen LogP contribution in [0.15, 0.2) is 24.3 Å². The average Bonchev–Trinajstić information content (AvgIpc) is 2.30. The Labute approximate surface area is 90.3 Å². The highest BCUT2D eigenvalue weighted by atomic mass is 16.5. The van der Waals surface area contributed by atoms with Crippen LogP contribution in [0.2, 0.25) is 0 Å². The molecule has 3 heteroatoms. The number of hydrogen-bond acceptors (Lipinski definition) is 3. The summed E-state index contributed by atoms with van der Waals surface area (Å²) in [4.78, 5) is 2.30. The summed E-state index contributed by atoms with van der Waals surface area (Å²) in [5, 5.41) is 9.41. The van der Waals surface area contributed by atoms with Crippen molar-refractivity contribution in [3.8, 4) is 5.75 Å². The molecule has 1 aliphatic heterocycles. The Bertz CT molecular complexity index is 302. The van der Waals surface area contributed by atoms with Crippen molar-refractivity contribution in [1.29, 1.82) is 0 Å². The molecule has 1 saturated heterocycles. The Morgan fingerprint density at radius 3 is 2.33 bits per heavy atom. The van der Waals surface area contributed by atoms with Crippen molar-refractivity contribution in [2.45, 2.75) is 18.9 Å². The molecule has 0 radical (unpaired) electrons. The summed E-state index contributed by atoms with van der Waals surface area (Å²) in [6.07, 6.45) is 1.62. The summed E-state index contributed by atoms with van der Waals surface area (Å²) >= 11 is 0. The molecule has 82 valence electrons. The van der Waals surface area contributed by atoms with Gasteiger partial charge < -0.3 is 14.7 Å². The SMILES string of the molecule is COc1ccc(N2CCC(O)CC2)cc1. The maximum Gasteiger partial charge on any atom is 0.119 e. The molecule has 1 heterocycles. The number of nitrogens with zero attached hydrogens (tertiary/aromatic N) is 1. The topological polar surface area (TPSA) is 32.7 Å². The lowest BCUT2D eigenvalue weighted by molar-refractivity contribution is 0.145. The van der Waals surface area contributed by atoms with Crippen molar-refractivity contribution < 1.29 is 9.84 Å². The first kappa shape index (κ1) is 10.3. The third kappa shape index (κ3) is 2.42. The molecule has 15 heavy (non-hydrogen) atoms. The monoisotopic (exact) mass is 207 g/mol. The molecule has 2 rings (SSSR count). The Morgan fingerprint density at radius 2 is 1.80 bits per heavy atom. The van der Waals surface area contributed by atoms with Crippen molar-refractivity contribution in [3.63, 3.8) is 0 Å². The predicted octanol–water partition coefficient (Wildman–Crippen LogP) is 1.66. The van der Waals surface area contributed by atoms with Crippen molar-refractivity contribution in [2.24, 2.45) is 0 Å². The van der Waals surface area contributed by atoms with Crippen molar-refractivity contribution in [2.75, 3.05) is 25.1 Å².